The molecular formula is C25H21FN2O5. The number of nitrogens with one attached hydrogen (secondary N) is 1. The third-order valence-corrected chi connectivity index (χ3v) is 5.00. The summed E-state index contributed by atoms with van der Waals surface area (Å²) >= 11 is 0. The van der Waals surface area contributed by atoms with Crippen LogP contribution in [0.25, 0.3) is 0 Å². The van der Waals surface area contributed by atoms with E-state index >= 15 is 0 Å². The summed E-state index contributed by atoms with van der Waals surface area (Å²) in [4.78, 5) is 31.1. The topological polar surface area (TPSA) is 86.2 Å². The molecule has 7 nitrogen and oxygen atoms in total. The lowest BCUT2D eigenvalue weighted by Gasteiger charge is -2.19. The largest absolute Gasteiger partial charge is 0.497 e. The van der Waals surface area contributed by atoms with E-state index in [-0.39, 0.29) is 6.42 Å². The molecule has 33 heavy (non-hydrogen) atoms. The Kier molecular flexibility index (Phi) is 6.64. The van der Waals surface area contributed by atoms with Crippen LogP contribution in [0.1, 0.15) is 23.7 Å². The van der Waals surface area contributed by atoms with E-state index in [4.69, 9.17) is 14.3 Å². The third kappa shape index (κ3) is 5.35. The molecule has 8 heteroatoms. The molecule has 0 saturated carbocycles. The molecule has 1 N–H and O–H groups in total. The Labute approximate surface area is 189 Å². The maximum atomic E-state index is 13.5. The first kappa shape index (κ1) is 22.0. The standard InChI is InChI=1S/C25H21FN2O5/c1-31-20-12-6-11-19(14-20)27-24(29)23(16-7-3-2-4-8-16)32-25(30)22-15-21(28-33-22)17-9-5-10-18(26)13-17/h2-14,22-23H,15H2,1H3,(H,27,29). The van der Waals surface area contributed by atoms with E-state index in [2.05, 4.69) is 10.5 Å². The first-order valence-electron chi connectivity index (χ1n) is 10.2. The minimum Gasteiger partial charge on any atom is -0.497 e. The van der Waals surface area contributed by atoms with Crippen LogP contribution in [0.3, 0.4) is 0 Å². The van der Waals surface area contributed by atoms with Crippen molar-refractivity contribution in [2.45, 2.75) is 18.6 Å². The normalized spacial score (nSPS) is 15.7. The highest BCUT2D eigenvalue weighted by atomic mass is 19.1. The van der Waals surface area contributed by atoms with Crippen LogP contribution in [-0.4, -0.2) is 30.8 Å². The van der Waals surface area contributed by atoms with Gasteiger partial charge in [0.1, 0.15) is 11.6 Å². The number of carbonyl (C=O) groups excluding carboxylic acids is 2. The van der Waals surface area contributed by atoms with Gasteiger partial charge in [-0.2, -0.15) is 0 Å². The fourth-order valence-corrected chi connectivity index (χ4v) is 3.34. The molecule has 0 bridgehead atoms. The van der Waals surface area contributed by atoms with Gasteiger partial charge in [-0.1, -0.05) is 53.7 Å². The van der Waals surface area contributed by atoms with E-state index in [9.17, 15) is 14.0 Å². The van der Waals surface area contributed by atoms with Gasteiger partial charge in [-0.15, -0.1) is 0 Å². The number of benzene rings is 3. The van der Waals surface area contributed by atoms with Gasteiger partial charge < -0.3 is 19.6 Å². The van der Waals surface area contributed by atoms with E-state index in [1.807, 2.05) is 0 Å². The number of esters is 1. The number of methoxy groups -OCH3 is 1. The Morgan fingerprint density at radius 3 is 2.61 bits per heavy atom. The minimum atomic E-state index is -1.22. The Hall–Kier alpha value is -4.20. The summed E-state index contributed by atoms with van der Waals surface area (Å²) < 4.78 is 24.3. The summed E-state index contributed by atoms with van der Waals surface area (Å²) in [6, 6.07) is 21.3. The molecule has 3 aromatic rings. The number of halogens is 1. The van der Waals surface area contributed by atoms with Crippen molar-refractivity contribution in [3.8, 4) is 5.75 Å². The number of rotatable bonds is 7. The van der Waals surface area contributed by atoms with Gasteiger partial charge in [0.05, 0.1) is 12.8 Å². The van der Waals surface area contributed by atoms with Gasteiger partial charge in [0.25, 0.3) is 5.91 Å². The highest BCUT2D eigenvalue weighted by Crippen LogP contribution is 2.25. The number of nitrogens with zero attached hydrogens (tertiary/aromatic N) is 1. The van der Waals surface area contributed by atoms with E-state index in [0.717, 1.165) is 0 Å². The van der Waals surface area contributed by atoms with Crippen LogP contribution < -0.4 is 10.1 Å². The van der Waals surface area contributed by atoms with Crippen LogP contribution in [0.4, 0.5) is 10.1 Å². The molecule has 0 spiro atoms. The predicted molar refractivity (Wildman–Crippen MR) is 119 cm³/mol. The van der Waals surface area contributed by atoms with Crippen LogP contribution >= 0.6 is 0 Å². The van der Waals surface area contributed by atoms with E-state index in [1.54, 1.807) is 66.7 Å². The molecular weight excluding hydrogens is 427 g/mol. The van der Waals surface area contributed by atoms with Crippen molar-refractivity contribution in [2.24, 2.45) is 5.16 Å². The molecule has 1 aliphatic rings. The number of hydrogen-bond acceptors (Lipinski definition) is 6. The molecule has 0 aliphatic carbocycles. The van der Waals surface area contributed by atoms with Gasteiger partial charge >= 0.3 is 5.97 Å². The second kappa shape index (κ2) is 9.95. The summed E-state index contributed by atoms with van der Waals surface area (Å²) in [5.41, 5.74) is 1.93. The second-order valence-electron chi connectivity index (χ2n) is 7.30. The van der Waals surface area contributed by atoms with Crippen LogP contribution in [-0.2, 0) is 19.2 Å². The molecule has 1 heterocycles. The van der Waals surface area contributed by atoms with E-state index in [0.29, 0.717) is 28.3 Å². The monoisotopic (exact) mass is 448 g/mol. The van der Waals surface area contributed by atoms with Gasteiger partial charge in [-0.25, -0.2) is 9.18 Å². The first-order valence-corrected chi connectivity index (χ1v) is 10.2. The summed E-state index contributed by atoms with van der Waals surface area (Å²) in [5, 5.41) is 6.64. The molecule has 2 unspecified atom stereocenters. The fraction of sp³-hybridized carbons (Fsp3) is 0.160. The zero-order chi connectivity index (χ0) is 23.2. The van der Waals surface area contributed by atoms with Gasteiger partial charge in [0.2, 0.25) is 12.2 Å². The molecule has 1 aliphatic heterocycles. The minimum absolute atomic E-state index is 0.0985. The maximum Gasteiger partial charge on any atom is 0.351 e. The SMILES string of the molecule is COc1cccc(NC(=O)C(OC(=O)C2CC(c3cccc(F)c3)=NO2)c2ccccc2)c1. The average Bonchev–Trinajstić information content (AvgIpc) is 3.34. The summed E-state index contributed by atoms with van der Waals surface area (Å²) in [6.45, 7) is 0. The van der Waals surface area contributed by atoms with Crippen molar-refractivity contribution in [3.63, 3.8) is 0 Å². The zero-order valence-electron chi connectivity index (χ0n) is 17.7. The Bertz CT molecular complexity index is 1180. The van der Waals surface area contributed by atoms with Crippen molar-refractivity contribution >= 4 is 23.3 Å². The van der Waals surface area contributed by atoms with Crippen LogP contribution in [0.2, 0.25) is 0 Å². The van der Waals surface area contributed by atoms with Gasteiger partial charge in [0.15, 0.2) is 0 Å². The number of anilines is 1. The second-order valence-corrected chi connectivity index (χ2v) is 7.30. The summed E-state index contributed by atoms with van der Waals surface area (Å²) in [6.07, 6.45) is -2.16. The van der Waals surface area contributed by atoms with Crippen LogP contribution in [0, 0.1) is 5.82 Å². The number of hydrogen-bond donors (Lipinski definition) is 1. The molecule has 1 amide bonds. The van der Waals surface area contributed by atoms with Gasteiger partial charge in [0, 0.05) is 29.3 Å². The number of carbonyl (C=O) groups is 2. The molecule has 0 radical (unpaired) electrons. The van der Waals surface area contributed by atoms with Crippen LogP contribution in [0.5, 0.6) is 5.75 Å². The Balaban J connectivity index is 1.48. The van der Waals surface area contributed by atoms with E-state index < -0.39 is 29.9 Å². The van der Waals surface area contributed by atoms with Crippen molar-refractivity contribution in [1.82, 2.24) is 0 Å². The van der Waals surface area contributed by atoms with Crippen molar-refractivity contribution < 1.29 is 28.3 Å². The number of ether oxygens (including phenoxy) is 2. The van der Waals surface area contributed by atoms with Crippen molar-refractivity contribution in [2.75, 3.05) is 12.4 Å². The molecule has 4 rings (SSSR count). The lowest BCUT2D eigenvalue weighted by atomic mass is 10.0. The van der Waals surface area contributed by atoms with Crippen LogP contribution in [0.15, 0.2) is 84.0 Å². The molecule has 168 valence electrons. The fourth-order valence-electron chi connectivity index (χ4n) is 3.34. The molecule has 0 aromatic heterocycles. The summed E-state index contributed by atoms with van der Waals surface area (Å²) in [7, 11) is 1.53. The predicted octanol–water partition coefficient (Wildman–Crippen LogP) is 4.25. The third-order valence-electron chi connectivity index (χ3n) is 5.00. The quantitative estimate of drug-likeness (QED) is 0.546. The van der Waals surface area contributed by atoms with Crippen molar-refractivity contribution in [3.05, 3.63) is 95.8 Å². The van der Waals surface area contributed by atoms with Gasteiger partial charge in [-0.3, -0.25) is 4.79 Å². The summed E-state index contributed by atoms with van der Waals surface area (Å²) in [5.74, 6) is -1.13. The smallest absolute Gasteiger partial charge is 0.351 e. The number of oxime groups is 1. The average molecular weight is 448 g/mol. The maximum absolute atomic E-state index is 13.5. The first-order chi connectivity index (χ1) is 16.0. The zero-order valence-corrected chi connectivity index (χ0v) is 17.7. The highest BCUT2D eigenvalue weighted by molar-refractivity contribution is 6.04. The highest BCUT2D eigenvalue weighted by Gasteiger charge is 2.34. The number of amides is 1. The van der Waals surface area contributed by atoms with Gasteiger partial charge in [-0.05, 0) is 24.3 Å². The Morgan fingerprint density at radius 1 is 1.06 bits per heavy atom. The molecule has 3 aromatic carbocycles. The van der Waals surface area contributed by atoms with E-state index in [1.165, 1.54) is 19.2 Å². The lowest BCUT2D eigenvalue weighted by Crippen LogP contribution is -2.31. The lowest BCUT2D eigenvalue weighted by molar-refractivity contribution is -0.164. The van der Waals surface area contributed by atoms with Crippen molar-refractivity contribution in [1.29, 1.82) is 0 Å². The Morgan fingerprint density at radius 2 is 1.85 bits per heavy atom. The molecule has 2 atom stereocenters. The molecule has 0 saturated heterocycles. The molecule has 0 fully saturated rings.